The van der Waals surface area contributed by atoms with Crippen molar-refractivity contribution in [3.8, 4) is 45.6 Å². The second-order valence-electron chi connectivity index (χ2n) is 8.33. The largest absolute Gasteiger partial charge is 0.507 e. The third-order valence-corrected chi connectivity index (χ3v) is 6.24. The molecule has 38 heavy (non-hydrogen) atoms. The minimum absolute atomic E-state index is 0.0373. The zero-order chi connectivity index (χ0) is 27.7. The third-order valence-electron chi connectivity index (χ3n) is 6.24. The molecule has 4 rings (SSSR count). The lowest BCUT2D eigenvalue weighted by atomic mass is 9.99. The highest BCUT2D eigenvalue weighted by Crippen LogP contribution is 2.44. The van der Waals surface area contributed by atoms with Crippen molar-refractivity contribution >= 4 is 11.0 Å². The van der Waals surface area contributed by atoms with Gasteiger partial charge in [-0.15, -0.1) is 0 Å². The normalized spacial score (nSPS) is 23.2. The van der Waals surface area contributed by atoms with Crippen LogP contribution >= 0.6 is 0 Å². The number of ether oxygens (including phenoxy) is 6. The number of benzene rings is 2. The van der Waals surface area contributed by atoms with Crippen LogP contribution in [0.3, 0.4) is 0 Å². The maximum atomic E-state index is 13.6. The first-order valence-electron chi connectivity index (χ1n) is 11.3. The Labute approximate surface area is 215 Å². The van der Waals surface area contributed by atoms with Gasteiger partial charge in [-0.3, -0.25) is 4.79 Å². The second kappa shape index (κ2) is 10.9. The first-order chi connectivity index (χ1) is 18.2. The number of aliphatic hydroxyl groups is 4. The van der Waals surface area contributed by atoms with Crippen LogP contribution in [0.25, 0.3) is 22.1 Å². The number of aromatic hydroxyl groups is 1. The zero-order valence-corrected chi connectivity index (χ0v) is 20.9. The molecule has 1 aliphatic rings. The molecule has 5 unspecified atom stereocenters. The summed E-state index contributed by atoms with van der Waals surface area (Å²) in [7, 11) is 5.56. The van der Waals surface area contributed by atoms with Gasteiger partial charge in [-0.05, 0) is 6.07 Å². The predicted molar refractivity (Wildman–Crippen MR) is 130 cm³/mol. The minimum Gasteiger partial charge on any atom is -0.507 e. The summed E-state index contributed by atoms with van der Waals surface area (Å²) < 4.78 is 38.1. The van der Waals surface area contributed by atoms with Crippen molar-refractivity contribution in [2.75, 3.05) is 35.0 Å². The van der Waals surface area contributed by atoms with Crippen LogP contribution in [0, 0.1) is 0 Å². The van der Waals surface area contributed by atoms with Crippen molar-refractivity contribution in [1.29, 1.82) is 0 Å². The van der Waals surface area contributed by atoms with Crippen molar-refractivity contribution in [2.45, 2.75) is 30.7 Å². The molecule has 2 aromatic carbocycles. The number of aliphatic hydroxyl groups excluding tert-OH is 4. The van der Waals surface area contributed by atoms with E-state index in [9.17, 15) is 30.3 Å². The van der Waals surface area contributed by atoms with E-state index in [4.69, 9.17) is 32.8 Å². The van der Waals surface area contributed by atoms with E-state index in [1.54, 1.807) is 0 Å². The molecule has 1 aromatic heterocycles. The molecule has 0 spiro atoms. The van der Waals surface area contributed by atoms with Crippen LogP contribution in [0.4, 0.5) is 0 Å². The van der Waals surface area contributed by atoms with Crippen LogP contribution in [-0.2, 0) is 4.74 Å². The monoisotopic (exact) mass is 536 g/mol. The highest BCUT2D eigenvalue weighted by Gasteiger charge is 2.45. The molecule has 2 heterocycles. The van der Waals surface area contributed by atoms with Gasteiger partial charge >= 0.3 is 0 Å². The molecular formula is C25H28O13. The van der Waals surface area contributed by atoms with Crippen molar-refractivity contribution in [2.24, 2.45) is 0 Å². The molecule has 3 aromatic rings. The topological polar surface area (TPSA) is 187 Å². The lowest BCUT2D eigenvalue weighted by Gasteiger charge is -2.39. The molecule has 0 aliphatic carbocycles. The van der Waals surface area contributed by atoms with E-state index in [-0.39, 0.29) is 33.8 Å². The molecule has 1 aliphatic heterocycles. The molecule has 0 radical (unpaired) electrons. The summed E-state index contributed by atoms with van der Waals surface area (Å²) in [6.07, 6.45) is -6.65. The average Bonchev–Trinajstić information content (AvgIpc) is 2.92. The minimum atomic E-state index is -1.72. The van der Waals surface area contributed by atoms with Gasteiger partial charge in [0.2, 0.25) is 17.5 Å². The Bertz CT molecular complexity index is 1370. The fourth-order valence-corrected chi connectivity index (χ4v) is 4.24. The van der Waals surface area contributed by atoms with Crippen LogP contribution in [-0.4, -0.2) is 91.3 Å². The predicted octanol–water partition coefficient (Wildman–Crippen LogP) is 0.379. The molecule has 1 saturated heterocycles. The Balaban J connectivity index is 1.83. The van der Waals surface area contributed by atoms with Gasteiger partial charge in [0.05, 0.1) is 40.6 Å². The molecule has 1 fully saturated rings. The highest BCUT2D eigenvalue weighted by atomic mass is 16.7. The van der Waals surface area contributed by atoms with Gasteiger partial charge in [-0.25, -0.2) is 0 Å². The van der Waals surface area contributed by atoms with Crippen molar-refractivity contribution in [3.63, 3.8) is 0 Å². The lowest BCUT2D eigenvalue weighted by molar-refractivity contribution is -0.277. The van der Waals surface area contributed by atoms with Crippen LogP contribution in [0.2, 0.25) is 0 Å². The number of phenolic OH excluding ortho intramolecular Hbond substituents is 1. The summed E-state index contributed by atoms with van der Waals surface area (Å²) >= 11 is 0. The summed E-state index contributed by atoms with van der Waals surface area (Å²) in [5.74, 6) is 0.100. The summed E-state index contributed by atoms with van der Waals surface area (Å²) in [4.78, 5) is 13.6. The SMILES string of the molecule is COc1cc(OC)c(-c2coc3c(OC)c(OC4OC(CO)C(O)C(O)C4O)cc(O)c3c2=O)cc1OC. The average molecular weight is 536 g/mol. The maximum absolute atomic E-state index is 13.6. The van der Waals surface area contributed by atoms with Crippen molar-refractivity contribution in [1.82, 2.24) is 0 Å². The van der Waals surface area contributed by atoms with Gasteiger partial charge < -0.3 is 58.4 Å². The standard InChI is InChI=1S/C25H28O13/c1-32-13-7-15(34-3)14(33-2)5-10(13)11-9-36-24-18(19(11)28)12(27)6-16(23(24)35-4)37-25-22(31)21(30)20(29)17(8-26)38-25/h5-7,9,17,20-22,25-27,29-31H,8H2,1-4H3. The van der Waals surface area contributed by atoms with Crippen molar-refractivity contribution in [3.05, 3.63) is 34.7 Å². The van der Waals surface area contributed by atoms with E-state index in [0.717, 1.165) is 12.3 Å². The van der Waals surface area contributed by atoms with Gasteiger partial charge in [0.15, 0.2) is 22.8 Å². The van der Waals surface area contributed by atoms with Gasteiger partial charge in [0.25, 0.3) is 0 Å². The fourth-order valence-electron chi connectivity index (χ4n) is 4.24. The number of hydrogen-bond acceptors (Lipinski definition) is 13. The van der Waals surface area contributed by atoms with E-state index in [0.29, 0.717) is 17.1 Å². The number of methoxy groups -OCH3 is 4. The summed E-state index contributed by atoms with van der Waals surface area (Å²) in [6.45, 7) is -0.665. The Morgan fingerprint density at radius 2 is 1.47 bits per heavy atom. The van der Waals surface area contributed by atoms with Gasteiger partial charge in [0, 0.05) is 17.7 Å². The lowest BCUT2D eigenvalue weighted by Crippen LogP contribution is -2.60. The van der Waals surface area contributed by atoms with Crippen molar-refractivity contribution < 1.29 is 58.4 Å². The number of hydrogen-bond donors (Lipinski definition) is 5. The fraction of sp³-hybridized carbons (Fsp3) is 0.400. The summed E-state index contributed by atoms with van der Waals surface area (Å²) in [5.41, 5.74) is -0.469. The molecule has 0 saturated carbocycles. The zero-order valence-electron chi connectivity index (χ0n) is 20.9. The van der Waals surface area contributed by atoms with E-state index in [1.165, 1.54) is 40.6 Å². The second-order valence-corrected chi connectivity index (χ2v) is 8.33. The molecular weight excluding hydrogens is 508 g/mol. The third kappa shape index (κ3) is 4.54. The molecule has 5 N–H and O–H groups in total. The summed E-state index contributed by atoms with van der Waals surface area (Å²) in [5, 5.41) is 50.3. The smallest absolute Gasteiger partial charge is 0.229 e. The number of fused-ring (bicyclic) bond motifs is 1. The van der Waals surface area contributed by atoms with E-state index >= 15 is 0 Å². The quantitative estimate of drug-likeness (QED) is 0.266. The van der Waals surface area contributed by atoms with Gasteiger partial charge in [0.1, 0.15) is 47.6 Å². The maximum Gasteiger partial charge on any atom is 0.229 e. The molecule has 206 valence electrons. The Morgan fingerprint density at radius 3 is 2.08 bits per heavy atom. The molecule has 5 atom stereocenters. The van der Waals surface area contributed by atoms with Gasteiger partial charge in [-0.2, -0.15) is 0 Å². The molecule has 0 amide bonds. The molecule has 13 nitrogen and oxygen atoms in total. The molecule has 13 heteroatoms. The van der Waals surface area contributed by atoms with Crippen LogP contribution in [0.5, 0.6) is 34.5 Å². The van der Waals surface area contributed by atoms with Crippen LogP contribution < -0.4 is 29.1 Å². The number of rotatable bonds is 8. The number of phenols is 1. The summed E-state index contributed by atoms with van der Waals surface area (Å²) in [6, 6.07) is 4.12. The van der Waals surface area contributed by atoms with E-state index < -0.39 is 48.5 Å². The van der Waals surface area contributed by atoms with E-state index in [2.05, 4.69) is 0 Å². The Kier molecular flexibility index (Phi) is 7.85. The van der Waals surface area contributed by atoms with Gasteiger partial charge in [-0.1, -0.05) is 0 Å². The Morgan fingerprint density at radius 1 is 0.816 bits per heavy atom. The van der Waals surface area contributed by atoms with Crippen LogP contribution in [0.1, 0.15) is 0 Å². The molecule has 0 bridgehead atoms. The first-order valence-corrected chi connectivity index (χ1v) is 11.3. The van der Waals surface area contributed by atoms with Crippen LogP contribution in [0.15, 0.2) is 33.7 Å². The highest BCUT2D eigenvalue weighted by molar-refractivity contribution is 5.93. The van der Waals surface area contributed by atoms with E-state index in [1.807, 2.05) is 0 Å². The first kappa shape index (κ1) is 27.3. The Hall–Kier alpha value is -3.75.